The lowest BCUT2D eigenvalue weighted by Crippen LogP contribution is -2.55. The predicted molar refractivity (Wildman–Crippen MR) is 93.3 cm³/mol. The molecule has 2 aromatic heterocycles. The molecule has 1 N–H and O–H groups in total. The Morgan fingerprint density at radius 1 is 1.20 bits per heavy atom. The van der Waals surface area contributed by atoms with Gasteiger partial charge in [0, 0.05) is 12.7 Å². The number of amides is 1. The lowest BCUT2D eigenvalue weighted by Gasteiger charge is -2.43. The van der Waals surface area contributed by atoms with Crippen molar-refractivity contribution in [3.63, 3.8) is 0 Å². The van der Waals surface area contributed by atoms with E-state index in [-0.39, 0.29) is 29.2 Å². The molecule has 0 spiro atoms. The van der Waals surface area contributed by atoms with Crippen molar-refractivity contribution in [2.24, 2.45) is 0 Å². The van der Waals surface area contributed by atoms with Gasteiger partial charge in [0.1, 0.15) is 5.56 Å². The minimum Gasteiger partial charge on any atom is -0.374 e. The molecule has 130 valence electrons. The first-order chi connectivity index (χ1) is 12.2. The number of pyridine rings is 2. The van der Waals surface area contributed by atoms with Crippen LogP contribution in [0.3, 0.4) is 0 Å². The molecule has 3 heterocycles. The Kier molecular flexibility index (Phi) is 4.36. The van der Waals surface area contributed by atoms with Crippen molar-refractivity contribution < 1.29 is 9.53 Å². The molecule has 4 rings (SSSR count). The number of carbonyl (C=O) groups excluding carboxylic acids is 1. The van der Waals surface area contributed by atoms with Gasteiger partial charge in [-0.2, -0.15) is 0 Å². The van der Waals surface area contributed by atoms with Gasteiger partial charge in [-0.05, 0) is 37.1 Å². The number of hydrogen-bond donors (Lipinski definition) is 1. The molecule has 1 saturated heterocycles. The summed E-state index contributed by atoms with van der Waals surface area (Å²) in [6.45, 7) is 1.08. The zero-order valence-electron chi connectivity index (χ0n) is 14.0. The van der Waals surface area contributed by atoms with E-state index >= 15 is 0 Å². The smallest absolute Gasteiger partial charge is 0.261 e. The van der Waals surface area contributed by atoms with Crippen LogP contribution in [0.2, 0.25) is 0 Å². The van der Waals surface area contributed by atoms with E-state index in [2.05, 4.69) is 9.97 Å². The molecule has 2 atom stereocenters. The highest BCUT2D eigenvalue weighted by molar-refractivity contribution is 5.94. The maximum absolute atomic E-state index is 13.0. The van der Waals surface area contributed by atoms with E-state index in [1.165, 1.54) is 0 Å². The van der Waals surface area contributed by atoms with Crippen molar-refractivity contribution in [3.8, 4) is 11.4 Å². The third-order valence-corrected chi connectivity index (χ3v) is 5.07. The summed E-state index contributed by atoms with van der Waals surface area (Å²) in [5.41, 5.74) is 1.11. The van der Waals surface area contributed by atoms with Crippen LogP contribution in [0.25, 0.3) is 11.4 Å². The molecule has 6 heteroatoms. The average Bonchev–Trinajstić information content (AvgIpc) is 2.67. The number of aromatic nitrogens is 2. The molecule has 0 bridgehead atoms. The summed E-state index contributed by atoms with van der Waals surface area (Å²) in [7, 11) is 0. The van der Waals surface area contributed by atoms with Gasteiger partial charge in [0.05, 0.1) is 30.1 Å². The second-order valence-corrected chi connectivity index (χ2v) is 6.59. The summed E-state index contributed by atoms with van der Waals surface area (Å²) in [5.74, 6) is -0.200. The molecular formula is C19H21N3O3. The molecule has 1 amide bonds. The van der Waals surface area contributed by atoms with Crippen molar-refractivity contribution >= 4 is 5.91 Å². The Balaban J connectivity index is 1.61. The average molecular weight is 339 g/mol. The second-order valence-electron chi connectivity index (χ2n) is 6.59. The van der Waals surface area contributed by atoms with Gasteiger partial charge < -0.3 is 14.6 Å². The Morgan fingerprint density at radius 3 is 2.88 bits per heavy atom. The molecule has 2 aromatic rings. The fraction of sp³-hybridized carbons (Fsp3) is 0.421. The summed E-state index contributed by atoms with van der Waals surface area (Å²) in [4.78, 5) is 34.3. The van der Waals surface area contributed by atoms with Crippen LogP contribution in [0.15, 0.2) is 41.3 Å². The van der Waals surface area contributed by atoms with E-state index in [4.69, 9.17) is 4.74 Å². The Bertz CT molecular complexity index is 816. The number of fused-ring (bicyclic) bond motifs is 1. The minimum atomic E-state index is -0.369. The number of H-pyrrole nitrogens is 1. The SMILES string of the molecule is O=C(c1ccc(-c2ccccn2)[nH]c1=O)N1CCO[C@@H]2CCCC[C@H]21. The van der Waals surface area contributed by atoms with Gasteiger partial charge >= 0.3 is 0 Å². The van der Waals surface area contributed by atoms with E-state index in [0.717, 1.165) is 25.7 Å². The van der Waals surface area contributed by atoms with Crippen LogP contribution >= 0.6 is 0 Å². The first-order valence-electron chi connectivity index (χ1n) is 8.81. The van der Waals surface area contributed by atoms with Gasteiger partial charge in [0.15, 0.2) is 0 Å². The molecule has 1 aliphatic heterocycles. The molecular weight excluding hydrogens is 318 g/mol. The minimum absolute atomic E-state index is 0.0878. The third-order valence-electron chi connectivity index (χ3n) is 5.07. The van der Waals surface area contributed by atoms with Crippen LogP contribution in [0.5, 0.6) is 0 Å². The van der Waals surface area contributed by atoms with E-state index < -0.39 is 0 Å². The largest absolute Gasteiger partial charge is 0.374 e. The number of nitrogens with zero attached hydrogens (tertiary/aromatic N) is 2. The lowest BCUT2D eigenvalue weighted by atomic mass is 9.90. The number of ether oxygens (including phenoxy) is 1. The third kappa shape index (κ3) is 3.09. The molecule has 2 fully saturated rings. The number of hydrogen-bond acceptors (Lipinski definition) is 4. The van der Waals surface area contributed by atoms with Crippen LogP contribution in [-0.2, 0) is 4.74 Å². The number of nitrogens with one attached hydrogen (secondary N) is 1. The van der Waals surface area contributed by atoms with Gasteiger partial charge in [0.2, 0.25) is 0 Å². The van der Waals surface area contributed by atoms with Gasteiger partial charge in [-0.1, -0.05) is 18.9 Å². The molecule has 2 aliphatic rings. The summed E-state index contributed by atoms with van der Waals surface area (Å²) in [5, 5.41) is 0. The quantitative estimate of drug-likeness (QED) is 0.910. The normalized spacial score (nSPS) is 23.1. The number of morpholine rings is 1. The molecule has 6 nitrogen and oxygen atoms in total. The van der Waals surface area contributed by atoms with Crippen molar-refractivity contribution in [3.05, 3.63) is 52.4 Å². The Morgan fingerprint density at radius 2 is 2.08 bits per heavy atom. The van der Waals surface area contributed by atoms with Crippen molar-refractivity contribution in [1.82, 2.24) is 14.9 Å². The highest BCUT2D eigenvalue weighted by Crippen LogP contribution is 2.29. The summed E-state index contributed by atoms with van der Waals surface area (Å²) in [6, 6.07) is 8.94. The number of carbonyl (C=O) groups is 1. The molecule has 0 aromatic carbocycles. The zero-order chi connectivity index (χ0) is 17.2. The first-order valence-corrected chi connectivity index (χ1v) is 8.81. The van der Waals surface area contributed by atoms with Crippen LogP contribution < -0.4 is 5.56 Å². The summed E-state index contributed by atoms with van der Waals surface area (Å²) >= 11 is 0. The zero-order valence-corrected chi connectivity index (χ0v) is 14.0. The van der Waals surface area contributed by atoms with Gasteiger partial charge in [0.25, 0.3) is 11.5 Å². The highest BCUT2D eigenvalue weighted by atomic mass is 16.5. The van der Waals surface area contributed by atoms with Crippen molar-refractivity contribution in [2.75, 3.05) is 13.2 Å². The maximum atomic E-state index is 13.0. The van der Waals surface area contributed by atoms with Gasteiger partial charge in [-0.15, -0.1) is 0 Å². The van der Waals surface area contributed by atoms with Gasteiger partial charge in [-0.3, -0.25) is 14.6 Å². The molecule has 0 radical (unpaired) electrons. The van der Waals surface area contributed by atoms with Crippen LogP contribution in [0.1, 0.15) is 36.0 Å². The van der Waals surface area contributed by atoms with Crippen LogP contribution in [-0.4, -0.2) is 46.1 Å². The van der Waals surface area contributed by atoms with Crippen LogP contribution in [0.4, 0.5) is 0 Å². The highest BCUT2D eigenvalue weighted by Gasteiger charge is 2.37. The Hall–Kier alpha value is -2.47. The lowest BCUT2D eigenvalue weighted by molar-refractivity contribution is -0.0753. The standard InChI is InChI=1S/C19H21N3O3/c23-18-13(8-9-15(21-18)14-5-3-4-10-20-14)19(24)22-11-12-25-17-7-2-1-6-16(17)22/h3-5,8-10,16-17H,1-2,6-7,11-12H2,(H,21,23)/t16-,17-/m1/s1. The molecule has 25 heavy (non-hydrogen) atoms. The summed E-state index contributed by atoms with van der Waals surface area (Å²) in [6.07, 6.45) is 5.96. The van der Waals surface area contributed by atoms with Crippen LogP contribution in [0, 0.1) is 0 Å². The second kappa shape index (κ2) is 6.80. The maximum Gasteiger partial charge on any atom is 0.261 e. The first kappa shape index (κ1) is 16.0. The van der Waals surface area contributed by atoms with E-state index in [1.807, 2.05) is 23.1 Å². The molecule has 1 aliphatic carbocycles. The Labute approximate surface area is 145 Å². The number of rotatable bonds is 2. The predicted octanol–water partition coefficient (Wildman–Crippen LogP) is 2.22. The topological polar surface area (TPSA) is 75.3 Å². The fourth-order valence-corrected chi connectivity index (χ4v) is 3.82. The molecule has 1 saturated carbocycles. The van der Waals surface area contributed by atoms with Crippen molar-refractivity contribution in [2.45, 2.75) is 37.8 Å². The monoisotopic (exact) mass is 339 g/mol. The van der Waals surface area contributed by atoms with Gasteiger partial charge in [-0.25, -0.2) is 0 Å². The van der Waals surface area contributed by atoms with E-state index in [1.54, 1.807) is 18.3 Å². The van der Waals surface area contributed by atoms with E-state index in [0.29, 0.717) is 24.5 Å². The van der Waals surface area contributed by atoms with E-state index in [9.17, 15) is 9.59 Å². The number of aromatic amines is 1. The molecule has 0 unspecified atom stereocenters. The fourth-order valence-electron chi connectivity index (χ4n) is 3.82. The van der Waals surface area contributed by atoms with Crippen molar-refractivity contribution in [1.29, 1.82) is 0 Å². The summed E-state index contributed by atoms with van der Waals surface area (Å²) < 4.78 is 5.82.